The molecule has 0 bridgehead atoms. The summed E-state index contributed by atoms with van der Waals surface area (Å²) in [5.74, 6) is 1.31. The van der Waals surface area contributed by atoms with Gasteiger partial charge in [-0.05, 0) is 66.8 Å². The second-order valence-electron chi connectivity index (χ2n) is 6.84. The number of pyridine rings is 2. The van der Waals surface area contributed by atoms with E-state index in [-0.39, 0.29) is 0 Å². The smallest absolute Gasteiger partial charge is 0.213 e. The van der Waals surface area contributed by atoms with Gasteiger partial charge in [-0.3, -0.25) is 0 Å². The summed E-state index contributed by atoms with van der Waals surface area (Å²) < 4.78 is 10.5. The Kier molecular flexibility index (Phi) is 4.40. The lowest BCUT2D eigenvalue weighted by Crippen LogP contribution is -1.95. The number of rotatable bonds is 4. The third kappa shape index (κ3) is 3.31. The maximum atomic E-state index is 5.27. The summed E-state index contributed by atoms with van der Waals surface area (Å²) in [5, 5.41) is 2.33. The molecular formula is C23H22N2O2. The summed E-state index contributed by atoms with van der Waals surface area (Å²) in [6.45, 7) is 4.18. The van der Waals surface area contributed by atoms with Gasteiger partial charge in [-0.1, -0.05) is 12.1 Å². The molecule has 0 aliphatic rings. The zero-order valence-electron chi connectivity index (χ0n) is 16.0. The first-order chi connectivity index (χ1) is 13.1. The highest BCUT2D eigenvalue weighted by Crippen LogP contribution is 2.26. The summed E-state index contributed by atoms with van der Waals surface area (Å²) in [7, 11) is 3.29. The van der Waals surface area contributed by atoms with Crippen molar-refractivity contribution in [3.05, 3.63) is 70.8 Å². The fraction of sp³-hybridized carbons (Fsp3) is 0.217. The minimum Gasteiger partial charge on any atom is -0.481 e. The Morgan fingerprint density at radius 1 is 0.667 bits per heavy atom. The Balaban J connectivity index is 1.71. The van der Waals surface area contributed by atoms with E-state index >= 15 is 0 Å². The van der Waals surface area contributed by atoms with Crippen molar-refractivity contribution in [2.75, 3.05) is 14.2 Å². The molecule has 2 heterocycles. The Labute approximate surface area is 158 Å². The van der Waals surface area contributed by atoms with E-state index in [0.717, 1.165) is 28.2 Å². The van der Waals surface area contributed by atoms with Gasteiger partial charge in [-0.25, -0.2) is 9.97 Å². The number of aromatic nitrogens is 2. The SMILES string of the molecule is COc1cc(C)c2cc(Cc3ccc4nc(OC)cc(C)c4c3)ccc2n1. The largest absolute Gasteiger partial charge is 0.481 e. The number of hydrogen-bond donors (Lipinski definition) is 0. The van der Waals surface area contributed by atoms with Crippen molar-refractivity contribution in [1.29, 1.82) is 0 Å². The van der Waals surface area contributed by atoms with Crippen molar-refractivity contribution in [2.24, 2.45) is 0 Å². The van der Waals surface area contributed by atoms with Crippen LogP contribution in [0.3, 0.4) is 0 Å². The van der Waals surface area contributed by atoms with Gasteiger partial charge in [0, 0.05) is 22.9 Å². The van der Waals surface area contributed by atoms with Crippen molar-refractivity contribution in [2.45, 2.75) is 20.3 Å². The maximum Gasteiger partial charge on any atom is 0.213 e. The molecule has 4 nitrogen and oxygen atoms in total. The second kappa shape index (κ2) is 6.88. The average Bonchev–Trinajstić information content (AvgIpc) is 2.68. The van der Waals surface area contributed by atoms with Gasteiger partial charge in [-0.15, -0.1) is 0 Å². The normalized spacial score (nSPS) is 11.1. The molecule has 0 aliphatic carbocycles. The number of nitrogens with zero attached hydrogens (tertiary/aromatic N) is 2. The molecule has 2 aromatic carbocycles. The van der Waals surface area contributed by atoms with E-state index in [1.807, 2.05) is 12.1 Å². The summed E-state index contributed by atoms with van der Waals surface area (Å²) in [6, 6.07) is 16.8. The lowest BCUT2D eigenvalue weighted by atomic mass is 9.99. The van der Waals surface area contributed by atoms with Crippen LogP contribution >= 0.6 is 0 Å². The molecule has 0 fully saturated rings. The van der Waals surface area contributed by atoms with Crippen LogP contribution in [0.15, 0.2) is 48.5 Å². The van der Waals surface area contributed by atoms with E-state index in [1.165, 1.54) is 22.3 Å². The van der Waals surface area contributed by atoms with Crippen molar-refractivity contribution in [3.63, 3.8) is 0 Å². The summed E-state index contributed by atoms with van der Waals surface area (Å²) in [5.41, 5.74) is 6.78. The highest BCUT2D eigenvalue weighted by atomic mass is 16.5. The van der Waals surface area contributed by atoms with Crippen LogP contribution < -0.4 is 9.47 Å². The summed E-state index contributed by atoms with van der Waals surface area (Å²) in [6.07, 6.45) is 0.864. The van der Waals surface area contributed by atoms with Crippen LogP contribution in [0, 0.1) is 13.8 Å². The van der Waals surface area contributed by atoms with E-state index in [0.29, 0.717) is 11.8 Å². The third-order valence-electron chi connectivity index (χ3n) is 4.94. The predicted molar refractivity (Wildman–Crippen MR) is 109 cm³/mol. The van der Waals surface area contributed by atoms with Crippen LogP contribution in [0.2, 0.25) is 0 Å². The molecule has 0 atom stereocenters. The van der Waals surface area contributed by atoms with Crippen molar-refractivity contribution in [3.8, 4) is 11.8 Å². The number of fused-ring (bicyclic) bond motifs is 2. The van der Waals surface area contributed by atoms with E-state index in [9.17, 15) is 0 Å². The van der Waals surface area contributed by atoms with Crippen molar-refractivity contribution >= 4 is 21.8 Å². The van der Waals surface area contributed by atoms with E-state index < -0.39 is 0 Å². The van der Waals surface area contributed by atoms with E-state index in [4.69, 9.17) is 9.47 Å². The quantitative estimate of drug-likeness (QED) is 0.514. The van der Waals surface area contributed by atoms with Crippen LogP contribution in [0.1, 0.15) is 22.3 Å². The molecule has 0 amide bonds. The Hall–Kier alpha value is -3.14. The molecule has 136 valence electrons. The summed E-state index contributed by atoms with van der Waals surface area (Å²) in [4.78, 5) is 9.06. The molecule has 0 aliphatic heterocycles. The lowest BCUT2D eigenvalue weighted by molar-refractivity contribution is 0.399. The molecule has 0 saturated heterocycles. The second-order valence-corrected chi connectivity index (χ2v) is 6.84. The molecule has 4 rings (SSSR count). The fourth-order valence-electron chi connectivity index (χ4n) is 3.49. The van der Waals surface area contributed by atoms with Crippen LogP contribution in [-0.4, -0.2) is 24.2 Å². The van der Waals surface area contributed by atoms with Gasteiger partial charge < -0.3 is 9.47 Å². The predicted octanol–water partition coefficient (Wildman–Crippen LogP) is 5.01. The third-order valence-corrected chi connectivity index (χ3v) is 4.94. The molecular weight excluding hydrogens is 336 g/mol. The minimum atomic E-state index is 0.653. The highest BCUT2D eigenvalue weighted by Gasteiger charge is 2.07. The maximum absolute atomic E-state index is 5.27. The van der Waals surface area contributed by atoms with Crippen LogP contribution in [-0.2, 0) is 6.42 Å². The zero-order valence-corrected chi connectivity index (χ0v) is 16.0. The lowest BCUT2D eigenvalue weighted by Gasteiger charge is -2.10. The Morgan fingerprint density at radius 2 is 1.11 bits per heavy atom. The number of hydrogen-bond acceptors (Lipinski definition) is 4. The monoisotopic (exact) mass is 358 g/mol. The zero-order chi connectivity index (χ0) is 19.0. The van der Waals surface area contributed by atoms with Crippen LogP contribution in [0.25, 0.3) is 21.8 Å². The number of methoxy groups -OCH3 is 2. The van der Waals surface area contributed by atoms with Gasteiger partial charge in [0.05, 0.1) is 25.3 Å². The topological polar surface area (TPSA) is 44.2 Å². The first-order valence-corrected chi connectivity index (χ1v) is 8.96. The standard InChI is InChI=1S/C23H22N2O2/c1-14-9-22(26-3)24-20-7-5-16(12-18(14)20)11-17-6-8-21-19(13-17)15(2)10-23(25-21)27-4/h5-10,12-13H,11H2,1-4H3. The number of benzene rings is 2. The van der Waals surface area contributed by atoms with Gasteiger partial charge in [-0.2, -0.15) is 0 Å². The fourth-order valence-corrected chi connectivity index (χ4v) is 3.49. The molecule has 27 heavy (non-hydrogen) atoms. The molecule has 0 radical (unpaired) electrons. The van der Waals surface area contributed by atoms with Crippen molar-refractivity contribution < 1.29 is 9.47 Å². The number of ether oxygens (including phenoxy) is 2. The molecule has 4 aromatic rings. The van der Waals surface area contributed by atoms with Gasteiger partial charge in [0.15, 0.2) is 0 Å². The van der Waals surface area contributed by atoms with Gasteiger partial charge in [0.1, 0.15) is 0 Å². The van der Waals surface area contributed by atoms with Gasteiger partial charge in [0.2, 0.25) is 11.8 Å². The summed E-state index contributed by atoms with van der Waals surface area (Å²) >= 11 is 0. The van der Waals surface area contributed by atoms with Crippen LogP contribution in [0.5, 0.6) is 11.8 Å². The number of aryl methyl sites for hydroxylation is 2. The van der Waals surface area contributed by atoms with Crippen molar-refractivity contribution in [1.82, 2.24) is 9.97 Å². The highest BCUT2D eigenvalue weighted by molar-refractivity contribution is 5.84. The van der Waals surface area contributed by atoms with E-state index in [2.05, 4.69) is 60.2 Å². The first kappa shape index (κ1) is 17.3. The molecule has 2 aromatic heterocycles. The minimum absolute atomic E-state index is 0.653. The van der Waals surface area contributed by atoms with Gasteiger partial charge >= 0.3 is 0 Å². The first-order valence-electron chi connectivity index (χ1n) is 8.96. The molecule has 4 heteroatoms. The van der Waals surface area contributed by atoms with Crippen LogP contribution in [0.4, 0.5) is 0 Å². The van der Waals surface area contributed by atoms with E-state index in [1.54, 1.807) is 14.2 Å². The Bertz CT molecular complexity index is 1060. The molecule has 0 saturated carbocycles. The molecule has 0 N–H and O–H groups in total. The molecule has 0 spiro atoms. The average molecular weight is 358 g/mol. The molecule has 0 unspecified atom stereocenters. The Morgan fingerprint density at radius 3 is 1.52 bits per heavy atom. The van der Waals surface area contributed by atoms with Gasteiger partial charge in [0.25, 0.3) is 0 Å².